The number of aromatic nitrogens is 2. The van der Waals surface area contributed by atoms with Gasteiger partial charge in [0.1, 0.15) is 12.2 Å². The predicted octanol–water partition coefficient (Wildman–Crippen LogP) is 2.07. The highest BCUT2D eigenvalue weighted by Gasteiger charge is 2.31. The summed E-state index contributed by atoms with van der Waals surface area (Å²) in [7, 11) is 1.30. The lowest BCUT2D eigenvalue weighted by Gasteiger charge is -2.24. The number of methoxy groups -OCH3 is 1. The third-order valence-corrected chi connectivity index (χ3v) is 3.04. The van der Waals surface area contributed by atoms with E-state index in [-0.39, 0.29) is 18.3 Å². The van der Waals surface area contributed by atoms with Crippen molar-refractivity contribution in [1.29, 1.82) is 0 Å². The molecule has 21 heavy (non-hydrogen) atoms. The summed E-state index contributed by atoms with van der Waals surface area (Å²) in [5.41, 5.74) is 0.288. The van der Waals surface area contributed by atoms with E-state index in [2.05, 4.69) is 9.84 Å². The average molecular weight is 298 g/mol. The first-order chi connectivity index (χ1) is 9.83. The lowest BCUT2D eigenvalue weighted by atomic mass is 10.3. The van der Waals surface area contributed by atoms with Gasteiger partial charge in [-0.15, -0.1) is 0 Å². The molecule has 0 saturated carbocycles. The zero-order valence-electron chi connectivity index (χ0n) is 13.1. The zero-order valence-corrected chi connectivity index (χ0v) is 13.1. The second-order valence-corrected chi connectivity index (χ2v) is 5.05. The second-order valence-electron chi connectivity index (χ2n) is 5.05. The van der Waals surface area contributed by atoms with E-state index in [1.54, 1.807) is 16.5 Å². The Morgan fingerprint density at radius 3 is 2.57 bits per heavy atom. The van der Waals surface area contributed by atoms with Crippen LogP contribution in [0.15, 0.2) is 0 Å². The largest absolute Gasteiger partial charge is 0.468 e. The summed E-state index contributed by atoms with van der Waals surface area (Å²) in [5, 5.41) is 15.6. The molecule has 0 aliphatic heterocycles. The van der Waals surface area contributed by atoms with Gasteiger partial charge in [-0.05, 0) is 27.2 Å². The Bertz CT molecular complexity index is 524. The summed E-state index contributed by atoms with van der Waals surface area (Å²) in [6.45, 7) is 7.79. The van der Waals surface area contributed by atoms with Gasteiger partial charge in [0.15, 0.2) is 0 Å². The van der Waals surface area contributed by atoms with Crippen molar-refractivity contribution >= 4 is 17.5 Å². The SMILES string of the molecule is CCCN(CC(=O)OC)c1c([N+](=O)[O-])c(C)nn1C(C)C. The fraction of sp³-hybridized carbons (Fsp3) is 0.692. The normalized spacial score (nSPS) is 10.8. The van der Waals surface area contributed by atoms with Gasteiger partial charge in [-0.1, -0.05) is 6.92 Å². The molecule has 1 aromatic rings. The molecular weight excluding hydrogens is 276 g/mol. The molecule has 118 valence electrons. The van der Waals surface area contributed by atoms with E-state index in [1.807, 2.05) is 20.8 Å². The molecule has 0 amide bonds. The number of nitrogens with zero attached hydrogens (tertiary/aromatic N) is 4. The smallest absolute Gasteiger partial charge is 0.333 e. The van der Waals surface area contributed by atoms with E-state index < -0.39 is 10.9 Å². The first kappa shape index (κ1) is 16.9. The van der Waals surface area contributed by atoms with Crippen LogP contribution in [0, 0.1) is 17.0 Å². The Balaban J connectivity index is 3.39. The highest BCUT2D eigenvalue weighted by atomic mass is 16.6. The molecule has 0 aliphatic rings. The number of anilines is 1. The van der Waals surface area contributed by atoms with E-state index in [0.29, 0.717) is 18.1 Å². The number of nitro groups is 1. The van der Waals surface area contributed by atoms with E-state index in [1.165, 1.54) is 7.11 Å². The highest BCUT2D eigenvalue weighted by Crippen LogP contribution is 2.33. The summed E-state index contributed by atoms with van der Waals surface area (Å²) in [6.07, 6.45) is 0.746. The van der Waals surface area contributed by atoms with Crippen LogP contribution in [-0.2, 0) is 9.53 Å². The van der Waals surface area contributed by atoms with Crippen LogP contribution in [0.25, 0.3) is 0 Å². The summed E-state index contributed by atoms with van der Waals surface area (Å²) >= 11 is 0. The molecule has 0 aliphatic carbocycles. The van der Waals surface area contributed by atoms with Crippen LogP contribution in [0.4, 0.5) is 11.5 Å². The summed E-state index contributed by atoms with van der Waals surface area (Å²) in [5.74, 6) is -0.0772. The van der Waals surface area contributed by atoms with Crippen LogP contribution >= 0.6 is 0 Å². The van der Waals surface area contributed by atoms with Crippen molar-refractivity contribution < 1.29 is 14.5 Å². The minimum Gasteiger partial charge on any atom is -0.468 e. The third kappa shape index (κ3) is 3.71. The molecule has 0 atom stereocenters. The van der Waals surface area contributed by atoms with Gasteiger partial charge in [0.25, 0.3) is 0 Å². The quantitative estimate of drug-likeness (QED) is 0.435. The van der Waals surface area contributed by atoms with Crippen LogP contribution in [0.1, 0.15) is 38.9 Å². The Morgan fingerprint density at radius 2 is 2.14 bits per heavy atom. The molecule has 0 fully saturated rings. The number of esters is 1. The van der Waals surface area contributed by atoms with Crippen molar-refractivity contribution in [2.45, 2.75) is 40.2 Å². The van der Waals surface area contributed by atoms with Crippen molar-refractivity contribution in [3.8, 4) is 0 Å². The van der Waals surface area contributed by atoms with Crippen molar-refractivity contribution in [3.05, 3.63) is 15.8 Å². The Morgan fingerprint density at radius 1 is 1.52 bits per heavy atom. The fourth-order valence-corrected chi connectivity index (χ4v) is 2.15. The molecule has 0 N–H and O–H groups in total. The van der Waals surface area contributed by atoms with Gasteiger partial charge in [-0.25, -0.2) is 4.68 Å². The Kier molecular flexibility index (Phi) is 5.69. The van der Waals surface area contributed by atoms with Gasteiger partial charge >= 0.3 is 11.7 Å². The van der Waals surface area contributed by atoms with E-state index in [9.17, 15) is 14.9 Å². The minimum absolute atomic E-state index is 0.0387. The maximum atomic E-state index is 11.6. The molecule has 0 unspecified atom stereocenters. The van der Waals surface area contributed by atoms with Crippen LogP contribution in [0.2, 0.25) is 0 Å². The summed E-state index contributed by atoms with van der Waals surface area (Å²) in [6, 6.07) is -0.0515. The van der Waals surface area contributed by atoms with Crippen LogP contribution in [0.5, 0.6) is 0 Å². The minimum atomic E-state index is -0.448. The van der Waals surface area contributed by atoms with Crippen molar-refractivity contribution in [2.24, 2.45) is 0 Å². The first-order valence-electron chi connectivity index (χ1n) is 6.88. The molecule has 0 spiro atoms. The Labute approximate surface area is 123 Å². The van der Waals surface area contributed by atoms with E-state index >= 15 is 0 Å². The number of carbonyl (C=O) groups is 1. The molecule has 8 nitrogen and oxygen atoms in total. The molecule has 8 heteroatoms. The van der Waals surface area contributed by atoms with Gasteiger partial charge in [0.05, 0.1) is 12.0 Å². The molecular formula is C13H22N4O4. The van der Waals surface area contributed by atoms with Crippen LogP contribution < -0.4 is 4.90 Å². The van der Waals surface area contributed by atoms with Crippen molar-refractivity contribution in [2.75, 3.05) is 25.1 Å². The van der Waals surface area contributed by atoms with Crippen molar-refractivity contribution in [3.63, 3.8) is 0 Å². The molecule has 1 aromatic heterocycles. The molecule has 0 bridgehead atoms. The predicted molar refractivity (Wildman–Crippen MR) is 78.5 cm³/mol. The number of hydrogen-bond acceptors (Lipinski definition) is 6. The molecule has 0 radical (unpaired) electrons. The molecule has 0 saturated heterocycles. The zero-order chi connectivity index (χ0) is 16.2. The number of carbonyl (C=O) groups excluding carboxylic acids is 1. The van der Waals surface area contributed by atoms with Gasteiger partial charge in [-0.2, -0.15) is 5.10 Å². The Hall–Kier alpha value is -2.12. The van der Waals surface area contributed by atoms with Crippen LogP contribution in [0.3, 0.4) is 0 Å². The average Bonchev–Trinajstić information content (AvgIpc) is 2.75. The second kappa shape index (κ2) is 7.05. The molecule has 1 rings (SSSR count). The number of hydrogen-bond donors (Lipinski definition) is 0. The highest BCUT2D eigenvalue weighted by molar-refractivity contribution is 5.77. The number of rotatable bonds is 7. The third-order valence-electron chi connectivity index (χ3n) is 3.04. The maximum Gasteiger partial charge on any atom is 0.333 e. The number of aryl methyl sites for hydroxylation is 1. The van der Waals surface area contributed by atoms with Crippen LogP contribution in [-0.4, -0.2) is 40.9 Å². The van der Waals surface area contributed by atoms with Gasteiger partial charge in [-0.3, -0.25) is 14.9 Å². The summed E-state index contributed by atoms with van der Waals surface area (Å²) < 4.78 is 6.27. The van der Waals surface area contributed by atoms with Gasteiger partial charge < -0.3 is 9.64 Å². The molecule has 1 heterocycles. The van der Waals surface area contributed by atoms with E-state index in [0.717, 1.165) is 6.42 Å². The summed E-state index contributed by atoms with van der Waals surface area (Å²) in [4.78, 5) is 24.1. The van der Waals surface area contributed by atoms with Gasteiger partial charge in [0, 0.05) is 12.6 Å². The molecule has 0 aromatic carbocycles. The fourth-order valence-electron chi connectivity index (χ4n) is 2.15. The van der Waals surface area contributed by atoms with Gasteiger partial charge in [0.2, 0.25) is 5.82 Å². The first-order valence-corrected chi connectivity index (χ1v) is 6.88. The standard InChI is InChI=1S/C13H22N4O4/c1-6-7-15(8-11(18)21-5)13-12(17(19)20)10(4)14-16(13)9(2)3/h9H,6-8H2,1-5H3. The topological polar surface area (TPSA) is 90.5 Å². The number of ether oxygens (including phenoxy) is 1. The lowest BCUT2D eigenvalue weighted by Crippen LogP contribution is -2.33. The van der Waals surface area contributed by atoms with Crippen molar-refractivity contribution in [1.82, 2.24) is 9.78 Å². The monoisotopic (exact) mass is 298 g/mol. The lowest BCUT2D eigenvalue weighted by molar-refractivity contribution is -0.384. The van der Waals surface area contributed by atoms with E-state index in [4.69, 9.17) is 0 Å². The maximum absolute atomic E-state index is 11.6.